The summed E-state index contributed by atoms with van der Waals surface area (Å²) in [4.78, 5) is 0. The fraction of sp³-hybridized carbons (Fsp3) is 1.00. The molecular formula is C8H20N2O2S. The van der Waals surface area contributed by atoms with Crippen LogP contribution in [0, 0.1) is 5.92 Å². The summed E-state index contributed by atoms with van der Waals surface area (Å²) in [6.07, 6.45) is 1.83. The van der Waals surface area contributed by atoms with Crippen molar-refractivity contribution in [2.45, 2.75) is 26.7 Å². The Morgan fingerprint density at radius 2 is 2.08 bits per heavy atom. The van der Waals surface area contributed by atoms with Crippen molar-refractivity contribution >= 4 is 10.0 Å². The van der Waals surface area contributed by atoms with Crippen LogP contribution in [0.15, 0.2) is 0 Å². The molecule has 0 aliphatic rings. The highest BCUT2D eigenvalue weighted by molar-refractivity contribution is 7.89. The van der Waals surface area contributed by atoms with E-state index >= 15 is 0 Å². The Hall–Kier alpha value is -0.130. The van der Waals surface area contributed by atoms with Crippen LogP contribution < -0.4 is 10.5 Å². The number of nitrogens with one attached hydrogen (secondary N) is 1. The first-order valence-electron chi connectivity index (χ1n) is 4.69. The fourth-order valence-corrected chi connectivity index (χ4v) is 1.56. The van der Waals surface area contributed by atoms with E-state index in [1.54, 1.807) is 6.92 Å². The molecule has 5 heteroatoms. The predicted molar refractivity (Wildman–Crippen MR) is 54.9 cm³/mol. The summed E-state index contributed by atoms with van der Waals surface area (Å²) in [6.45, 7) is 4.89. The van der Waals surface area contributed by atoms with Gasteiger partial charge in [0, 0.05) is 6.54 Å². The third-order valence-corrected chi connectivity index (χ3v) is 3.38. The molecular weight excluding hydrogens is 188 g/mol. The summed E-state index contributed by atoms with van der Waals surface area (Å²) < 4.78 is 24.5. The summed E-state index contributed by atoms with van der Waals surface area (Å²) in [6, 6.07) is 0. The minimum absolute atomic E-state index is 0.152. The summed E-state index contributed by atoms with van der Waals surface area (Å²) in [5.74, 6) is 0.630. The third kappa shape index (κ3) is 6.98. The van der Waals surface area contributed by atoms with Crippen molar-refractivity contribution in [3.63, 3.8) is 0 Å². The molecule has 0 radical (unpaired) electrons. The molecule has 0 rings (SSSR count). The van der Waals surface area contributed by atoms with Gasteiger partial charge in [-0.05, 0) is 32.2 Å². The average Bonchev–Trinajstić information content (AvgIpc) is 2.12. The van der Waals surface area contributed by atoms with Crippen LogP contribution in [0.1, 0.15) is 26.7 Å². The van der Waals surface area contributed by atoms with E-state index < -0.39 is 10.0 Å². The number of rotatable bonds is 7. The molecule has 80 valence electrons. The molecule has 0 aliphatic heterocycles. The number of sulfonamides is 1. The lowest BCUT2D eigenvalue weighted by Gasteiger charge is -2.08. The van der Waals surface area contributed by atoms with Crippen LogP contribution >= 0.6 is 0 Å². The maximum Gasteiger partial charge on any atom is 0.211 e. The smallest absolute Gasteiger partial charge is 0.211 e. The highest BCUT2D eigenvalue weighted by Gasteiger charge is 2.05. The summed E-state index contributed by atoms with van der Waals surface area (Å²) in [5, 5.41) is 0. The molecule has 0 heterocycles. The van der Waals surface area contributed by atoms with Crippen LogP contribution in [0.25, 0.3) is 0 Å². The van der Waals surface area contributed by atoms with Gasteiger partial charge in [-0.2, -0.15) is 0 Å². The molecule has 0 spiro atoms. The van der Waals surface area contributed by atoms with E-state index in [4.69, 9.17) is 5.73 Å². The highest BCUT2D eigenvalue weighted by atomic mass is 32.2. The molecule has 0 saturated carbocycles. The van der Waals surface area contributed by atoms with Crippen molar-refractivity contribution in [3.8, 4) is 0 Å². The highest BCUT2D eigenvalue weighted by Crippen LogP contribution is 2.01. The Bertz CT molecular complexity index is 214. The Balaban J connectivity index is 3.47. The third-order valence-electron chi connectivity index (χ3n) is 1.98. The largest absolute Gasteiger partial charge is 0.330 e. The second kappa shape index (κ2) is 6.34. The lowest BCUT2D eigenvalue weighted by molar-refractivity contribution is 0.513. The maximum atomic E-state index is 11.0. The zero-order valence-electron chi connectivity index (χ0n) is 8.41. The lowest BCUT2D eigenvalue weighted by Crippen LogP contribution is -2.26. The van der Waals surface area contributed by atoms with E-state index in [9.17, 15) is 8.42 Å². The molecule has 1 atom stereocenters. The normalized spacial score (nSPS) is 14.4. The quantitative estimate of drug-likeness (QED) is 0.591. The van der Waals surface area contributed by atoms with Gasteiger partial charge in [-0.15, -0.1) is 0 Å². The van der Waals surface area contributed by atoms with Crippen LogP contribution in [0.3, 0.4) is 0 Å². The van der Waals surface area contributed by atoms with Gasteiger partial charge in [0.05, 0.1) is 5.75 Å². The second-order valence-corrected chi connectivity index (χ2v) is 5.38. The Morgan fingerprint density at radius 1 is 1.46 bits per heavy atom. The second-order valence-electron chi connectivity index (χ2n) is 3.28. The summed E-state index contributed by atoms with van der Waals surface area (Å²) in [5.41, 5.74) is 5.43. The molecule has 0 bridgehead atoms. The SMILES string of the molecule is CCS(=O)(=O)NCCCC(C)CN. The van der Waals surface area contributed by atoms with Gasteiger partial charge in [-0.25, -0.2) is 13.1 Å². The van der Waals surface area contributed by atoms with Gasteiger partial charge >= 0.3 is 0 Å². The lowest BCUT2D eigenvalue weighted by atomic mass is 10.1. The molecule has 0 aromatic carbocycles. The van der Waals surface area contributed by atoms with E-state index in [1.165, 1.54) is 0 Å². The van der Waals surface area contributed by atoms with E-state index in [2.05, 4.69) is 11.6 Å². The van der Waals surface area contributed by atoms with Crippen molar-refractivity contribution in [2.75, 3.05) is 18.8 Å². The maximum absolute atomic E-state index is 11.0. The molecule has 0 aliphatic carbocycles. The summed E-state index contributed by atoms with van der Waals surface area (Å²) >= 11 is 0. The van der Waals surface area contributed by atoms with Gasteiger partial charge in [0.25, 0.3) is 0 Å². The van der Waals surface area contributed by atoms with Gasteiger partial charge in [0.15, 0.2) is 0 Å². The van der Waals surface area contributed by atoms with Crippen LogP contribution in [0.2, 0.25) is 0 Å². The number of hydrogen-bond donors (Lipinski definition) is 2. The Morgan fingerprint density at radius 3 is 2.54 bits per heavy atom. The first-order valence-corrected chi connectivity index (χ1v) is 6.34. The molecule has 4 nitrogen and oxygen atoms in total. The zero-order valence-corrected chi connectivity index (χ0v) is 9.23. The van der Waals surface area contributed by atoms with Gasteiger partial charge in [-0.3, -0.25) is 0 Å². The number of nitrogens with two attached hydrogens (primary N) is 1. The molecule has 0 aromatic heterocycles. The average molecular weight is 208 g/mol. The van der Waals surface area contributed by atoms with Gasteiger partial charge in [0.2, 0.25) is 10.0 Å². The molecule has 0 fully saturated rings. The monoisotopic (exact) mass is 208 g/mol. The van der Waals surface area contributed by atoms with Crippen molar-refractivity contribution in [1.82, 2.24) is 4.72 Å². The van der Waals surface area contributed by atoms with Crippen LogP contribution in [-0.2, 0) is 10.0 Å². The molecule has 13 heavy (non-hydrogen) atoms. The van der Waals surface area contributed by atoms with Gasteiger partial charge in [0.1, 0.15) is 0 Å². The first-order chi connectivity index (χ1) is 6.02. The summed E-state index contributed by atoms with van der Waals surface area (Å²) in [7, 11) is -3.01. The molecule has 0 aromatic rings. The van der Waals surface area contributed by atoms with E-state index in [0.29, 0.717) is 19.0 Å². The fourth-order valence-electron chi connectivity index (χ4n) is 0.898. The van der Waals surface area contributed by atoms with Crippen molar-refractivity contribution in [3.05, 3.63) is 0 Å². The van der Waals surface area contributed by atoms with Gasteiger partial charge < -0.3 is 5.73 Å². The van der Waals surface area contributed by atoms with Crippen molar-refractivity contribution < 1.29 is 8.42 Å². The Labute approximate surface area is 80.9 Å². The zero-order chi connectivity index (χ0) is 10.3. The minimum Gasteiger partial charge on any atom is -0.330 e. The van der Waals surface area contributed by atoms with Crippen LogP contribution in [0.4, 0.5) is 0 Å². The van der Waals surface area contributed by atoms with E-state index in [0.717, 1.165) is 12.8 Å². The van der Waals surface area contributed by atoms with Crippen LogP contribution in [0.5, 0.6) is 0 Å². The van der Waals surface area contributed by atoms with Crippen molar-refractivity contribution in [2.24, 2.45) is 11.7 Å². The number of hydrogen-bond acceptors (Lipinski definition) is 3. The van der Waals surface area contributed by atoms with Crippen LogP contribution in [-0.4, -0.2) is 27.3 Å². The van der Waals surface area contributed by atoms with Gasteiger partial charge in [-0.1, -0.05) is 6.92 Å². The standard InChI is InChI=1S/C8H20N2O2S/c1-3-13(11,12)10-6-4-5-8(2)7-9/h8,10H,3-7,9H2,1-2H3. The molecule has 0 amide bonds. The topological polar surface area (TPSA) is 72.2 Å². The Kier molecular flexibility index (Phi) is 6.28. The minimum atomic E-state index is -3.01. The molecule has 1 unspecified atom stereocenters. The van der Waals surface area contributed by atoms with E-state index in [-0.39, 0.29) is 5.75 Å². The molecule has 0 saturated heterocycles. The first kappa shape index (κ1) is 12.9. The predicted octanol–water partition coefficient (Wildman–Crippen LogP) is 0.301. The molecule has 3 N–H and O–H groups in total. The van der Waals surface area contributed by atoms with E-state index in [1.807, 2.05) is 0 Å². The van der Waals surface area contributed by atoms with Crippen molar-refractivity contribution in [1.29, 1.82) is 0 Å².